The van der Waals surface area contributed by atoms with Crippen LogP contribution in [0.4, 0.5) is 11.5 Å². The molecule has 1 amide bonds. The van der Waals surface area contributed by atoms with Crippen LogP contribution in [0.5, 0.6) is 0 Å². The summed E-state index contributed by atoms with van der Waals surface area (Å²) >= 11 is 0. The number of nitrogens with two attached hydrogens (primary N) is 1. The van der Waals surface area contributed by atoms with E-state index in [-0.39, 0.29) is 5.91 Å². The van der Waals surface area contributed by atoms with Gasteiger partial charge < -0.3 is 11.1 Å². The van der Waals surface area contributed by atoms with Crippen LogP contribution < -0.4 is 11.1 Å². The summed E-state index contributed by atoms with van der Waals surface area (Å²) in [4.78, 5) is 15.8. The van der Waals surface area contributed by atoms with Gasteiger partial charge in [0.1, 0.15) is 0 Å². The van der Waals surface area contributed by atoms with Gasteiger partial charge in [-0.1, -0.05) is 30.3 Å². The van der Waals surface area contributed by atoms with Crippen molar-refractivity contribution in [3.63, 3.8) is 0 Å². The average Bonchev–Trinajstić information content (AvgIpc) is 2.43. The first-order valence-corrected chi connectivity index (χ1v) is 6.30. The summed E-state index contributed by atoms with van der Waals surface area (Å²) in [7, 11) is 0. The molecule has 2 rings (SSSR count). The number of nitrogens with zero attached hydrogens (tertiary/aromatic N) is 1. The molecule has 0 aliphatic carbocycles. The zero-order valence-electron chi connectivity index (χ0n) is 10.7. The summed E-state index contributed by atoms with van der Waals surface area (Å²) in [6, 6.07) is 13.6. The van der Waals surface area contributed by atoms with Crippen LogP contribution in [-0.4, -0.2) is 10.9 Å². The van der Waals surface area contributed by atoms with Crippen molar-refractivity contribution in [3.05, 3.63) is 54.2 Å². The lowest BCUT2D eigenvalue weighted by Crippen LogP contribution is -2.13. The highest BCUT2D eigenvalue weighted by atomic mass is 16.1. The van der Waals surface area contributed by atoms with Crippen molar-refractivity contribution < 1.29 is 4.79 Å². The van der Waals surface area contributed by atoms with Gasteiger partial charge in [-0.05, 0) is 30.5 Å². The number of aromatic nitrogens is 1. The third-order valence-corrected chi connectivity index (χ3v) is 2.81. The summed E-state index contributed by atoms with van der Waals surface area (Å²) < 4.78 is 0. The molecule has 1 aromatic heterocycles. The second-order valence-electron chi connectivity index (χ2n) is 4.33. The van der Waals surface area contributed by atoms with Crippen LogP contribution in [0.2, 0.25) is 0 Å². The molecule has 1 heterocycles. The lowest BCUT2D eigenvalue weighted by atomic mass is 10.1. The Morgan fingerprint density at radius 2 is 1.95 bits per heavy atom. The highest BCUT2D eigenvalue weighted by molar-refractivity contribution is 5.92. The van der Waals surface area contributed by atoms with Crippen molar-refractivity contribution >= 4 is 17.4 Å². The Kier molecular flexibility index (Phi) is 4.50. The van der Waals surface area contributed by atoms with Crippen LogP contribution in [0.3, 0.4) is 0 Å². The third kappa shape index (κ3) is 4.10. The van der Waals surface area contributed by atoms with Crippen molar-refractivity contribution in [2.45, 2.75) is 19.3 Å². The summed E-state index contributed by atoms with van der Waals surface area (Å²) in [5.74, 6) is 0.383. The highest BCUT2D eigenvalue weighted by Gasteiger charge is 2.05. The number of aryl methyl sites for hydroxylation is 1. The molecular weight excluding hydrogens is 238 g/mol. The summed E-state index contributed by atoms with van der Waals surface area (Å²) in [5.41, 5.74) is 7.44. The number of hydrogen-bond acceptors (Lipinski definition) is 3. The number of carbonyl (C=O) groups excluding carboxylic acids is 1. The van der Waals surface area contributed by atoms with Crippen molar-refractivity contribution in [1.29, 1.82) is 0 Å². The fourth-order valence-corrected chi connectivity index (χ4v) is 1.81. The molecule has 0 unspecified atom stereocenters. The van der Waals surface area contributed by atoms with E-state index >= 15 is 0 Å². The molecule has 4 heteroatoms. The van der Waals surface area contributed by atoms with Gasteiger partial charge >= 0.3 is 0 Å². The molecule has 19 heavy (non-hydrogen) atoms. The Bertz CT molecular complexity index is 540. The van der Waals surface area contributed by atoms with E-state index < -0.39 is 0 Å². The molecule has 0 atom stereocenters. The first-order valence-electron chi connectivity index (χ1n) is 6.30. The number of anilines is 2. The lowest BCUT2D eigenvalue weighted by molar-refractivity contribution is -0.116. The van der Waals surface area contributed by atoms with Crippen molar-refractivity contribution in [3.8, 4) is 0 Å². The minimum Gasteiger partial charge on any atom is -0.396 e. The Balaban J connectivity index is 1.78. The molecule has 0 radical (unpaired) electrons. The predicted octanol–water partition coefficient (Wildman–Crippen LogP) is 2.63. The minimum atomic E-state index is -0.0543. The first-order chi connectivity index (χ1) is 9.25. The number of nitrogens with one attached hydrogen (secondary N) is 1. The largest absolute Gasteiger partial charge is 0.396 e. The van der Waals surface area contributed by atoms with Crippen LogP contribution in [-0.2, 0) is 11.2 Å². The zero-order chi connectivity index (χ0) is 13.5. The van der Waals surface area contributed by atoms with Crippen LogP contribution in [0.1, 0.15) is 18.4 Å². The predicted molar refractivity (Wildman–Crippen MR) is 76.7 cm³/mol. The van der Waals surface area contributed by atoms with Gasteiger partial charge in [0.05, 0.1) is 5.69 Å². The smallest absolute Gasteiger partial charge is 0.225 e. The molecule has 0 fully saturated rings. The molecule has 0 bridgehead atoms. The molecular formula is C15H17N3O. The fourth-order valence-electron chi connectivity index (χ4n) is 1.81. The second kappa shape index (κ2) is 6.54. The van der Waals surface area contributed by atoms with E-state index in [0.29, 0.717) is 17.9 Å². The molecule has 2 aromatic rings. The van der Waals surface area contributed by atoms with Crippen molar-refractivity contribution in [1.82, 2.24) is 4.98 Å². The normalized spacial score (nSPS) is 10.1. The van der Waals surface area contributed by atoms with Gasteiger partial charge in [-0.15, -0.1) is 0 Å². The maximum atomic E-state index is 11.7. The van der Waals surface area contributed by atoms with Gasteiger partial charge in [-0.3, -0.25) is 4.79 Å². The monoisotopic (exact) mass is 255 g/mol. The minimum absolute atomic E-state index is 0.0543. The summed E-state index contributed by atoms with van der Waals surface area (Å²) in [5, 5.41) is 2.72. The number of amides is 1. The highest BCUT2D eigenvalue weighted by Crippen LogP contribution is 2.13. The van der Waals surface area contributed by atoms with Crippen molar-refractivity contribution in [2.24, 2.45) is 0 Å². The van der Waals surface area contributed by atoms with E-state index in [0.717, 1.165) is 12.8 Å². The maximum Gasteiger partial charge on any atom is 0.225 e. The molecule has 4 nitrogen and oxygen atoms in total. The fraction of sp³-hybridized carbons (Fsp3) is 0.200. The van der Waals surface area contributed by atoms with Gasteiger partial charge in [0, 0.05) is 12.6 Å². The molecule has 98 valence electrons. The van der Waals surface area contributed by atoms with Crippen LogP contribution >= 0.6 is 0 Å². The standard InChI is InChI=1S/C15H17N3O/c16-13-9-5-11-17-15(13)18-14(19)10-4-8-12-6-2-1-3-7-12/h1-3,5-7,9,11H,4,8,10,16H2,(H,17,18,19). The van der Waals surface area contributed by atoms with Crippen molar-refractivity contribution in [2.75, 3.05) is 11.1 Å². The Labute approximate surface area is 112 Å². The van der Waals surface area contributed by atoms with Gasteiger partial charge in [0.25, 0.3) is 0 Å². The Morgan fingerprint density at radius 3 is 2.68 bits per heavy atom. The average molecular weight is 255 g/mol. The van der Waals surface area contributed by atoms with Gasteiger partial charge in [0.15, 0.2) is 5.82 Å². The molecule has 0 spiro atoms. The SMILES string of the molecule is Nc1cccnc1NC(=O)CCCc1ccccc1. The number of hydrogen-bond donors (Lipinski definition) is 2. The summed E-state index contributed by atoms with van der Waals surface area (Å²) in [6.45, 7) is 0. The van der Waals surface area contributed by atoms with Gasteiger partial charge in [-0.25, -0.2) is 4.98 Å². The van der Waals surface area contributed by atoms with Gasteiger partial charge in [0.2, 0.25) is 5.91 Å². The number of nitrogen functional groups attached to an aromatic ring is 1. The van der Waals surface area contributed by atoms with E-state index in [9.17, 15) is 4.79 Å². The third-order valence-electron chi connectivity index (χ3n) is 2.81. The first kappa shape index (κ1) is 13.1. The number of rotatable bonds is 5. The molecule has 3 N–H and O–H groups in total. The zero-order valence-corrected chi connectivity index (χ0v) is 10.7. The second-order valence-corrected chi connectivity index (χ2v) is 4.33. The lowest BCUT2D eigenvalue weighted by Gasteiger charge is -2.06. The number of carbonyl (C=O) groups is 1. The topological polar surface area (TPSA) is 68.0 Å². The number of pyridine rings is 1. The van der Waals surface area contributed by atoms with E-state index in [1.807, 2.05) is 18.2 Å². The van der Waals surface area contributed by atoms with E-state index in [1.54, 1.807) is 18.3 Å². The van der Waals surface area contributed by atoms with E-state index in [1.165, 1.54) is 5.56 Å². The Hall–Kier alpha value is -2.36. The summed E-state index contributed by atoms with van der Waals surface area (Å²) in [6.07, 6.45) is 3.77. The van der Waals surface area contributed by atoms with Crippen LogP contribution in [0.25, 0.3) is 0 Å². The molecule has 0 saturated heterocycles. The maximum absolute atomic E-state index is 11.7. The van der Waals surface area contributed by atoms with E-state index in [4.69, 9.17) is 5.73 Å². The number of benzene rings is 1. The molecule has 0 aliphatic rings. The van der Waals surface area contributed by atoms with Gasteiger partial charge in [-0.2, -0.15) is 0 Å². The Morgan fingerprint density at radius 1 is 1.16 bits per heavy atom. The molecule has 0 saturated carbocycles. The van der Waals surface area contributed by atoms with E-state index in [2.05, 4.69) is 22.4 Å². The molecule has 1 aromatic carbocycles. The van der Waals surface area contributed by atoms with Crippen LogP contribution in [0.15, 0.2) is 48.7 Å². The van der Waals surface area contributed by atoms with Crippen LogP contribution in [0, 0.1) is 0 Å². The quantitative estimate of drug-likeness (QED) is 0.863. The molecule has 0 aliphatic heterocycles.